The lowest BCUT2D eigenvalue weighted by Crippen LogP contribution is -2.09. The third-order valence-electron chi connectivity index (χ3n) is 1.67. The first-order valence-corrected chi connectivity index (χ1v) is 3.91. The van der Waals surface area contributed by atoms with Crippen molar-refractivity contribution in [3.05, 3.63) is 11.6 Å². The summed E-state index contributed by atoms with van der Waals surface area (Å²) in [5, 5.41) is 0.143. The molecule has 0 bridgehead atoms. The van der Waals surface area contributed by atoms with Crippen molar-refractivity contribution in [3.8, 4) is 0 Å². The SMILES string of the molecule is Cn1cnc2c(NN)nc(Cl)nc21. The quantitative estimate of drug-likeness (QED) is 0.391. The van der Waals surface area contributed by atoms with Crippen LogP contribution in [0, 0.1) is 0 Å². The van der Waals surface area contributed by atoms with Gasteiger partial charge in [0.2, 0.25) is 5.28 Å². The zero-order valence-electron chi connectivity index (χ0n) is 6.82. The van der Waals surface area contributed by atoms with E-state index in [1.807, 2.05) is 7.05 Å². The van der Waals surface area contributed by atoms with E-state index in [2.05, 4.69) is 20.4 Å². The maximum atomic E-state index is 5.67. The molecule has 0 aliphatic rings. The molecule has 0 saturated carbocycles. The number of rotatable bonds is 1. The summed E-state index contributed by atoms with van der Waals surface area (Å²) < 4.78 is 1.74. The molecular formula is C6H7ClN6. The van der Waals surface area contributed by atoms with Crippen LogP contribution in [0.5, 0.6) is 0 Å². The van der Waals surface area contributed by atoms with Crippen molar-refractivity contribution in [2.45, 2.75) is 0 Å². The number of nitrogen functional groups attached to an aromatic ring is 1. The molecule has 2 aromatic heterocycles. The zero-order chi connectivity index (χ0) is 9.42. The zero-order valence-corrected chi connectivity index (χ0v) is 7.58. The molecule has 0 aromatic carbocycles. The van der Waals surface area contributed by atoms with Gasteiger partial charge in [-0.2, -0.15) is 9.97 Å². The van der Waals surface area contributed by atoms with Crippen LogP contribution in [0.15, 0.2) is 6.33 Å². The van der Waals surface area contributed by atoms with Crippen LogP contribution in [-0.4, -0.2) is 19.5 Å². The Morgan fingerprint density at radius 3 is 3.00 bits per heavy atom. The van der Waals surface area contributed by atoms with Crippen LogP contribution in [0.2, 0.25) is 5.28 Å². The van der Waals surface area contributed by atoms with Gasteiger partial charge in [-0.3, -0.25) is 0 Å². The van der Waals surface area contributed by atoms with E-state index in [4.69, 9.17) is 17.4 Å². The van der Waals surface area contributed by atoms with Crippen LogP contribution >= 0.6 is 11.6 Å². The predicted octanol–water partition coefficient (Wildman–Crippen LogP) is 0.302. The molecule has 0 saturated heterocycles. The highest BCUT2D eigenvalue weighted by molar-refractivity contribution is 6.28. The average Bonchev–Trinajstić information content (AvgIpc) is 2.47. The second-order valence-corrected chi connectivity index (χ2v) is 2.85. The summed E-state index contributed by atoms with van der Waals surface area (Å²) in [7, 11) is 1.82. The normalized spacial score (nSPS) is 10.7. The Morgan fingerprint density at radius 1 is 1.54 bits per heavy atom. The highest BCUT2D eigenvalue weighted by atomic mass is 35.5. The maximum absolute atomic E-state index is 5.67. The number of aryl methyl sites for hydroxylation is 1. The number of halogens is 1. The molecule has 0 spiro atoms. The molecule has 7 heteroatoms. The van der Waals surface area contributed by atoms with E-state index in [0.717, 1.165) is 0 Å². The van der Waals surface area contributed by atoms with Gasteiger partial charge >= 0.3 is 0 Å². The van der Waals surface area contributed by atoms with Crippen molar-refractivity contribution in [2.24, 2.45) is 12.9 Å². The number of anilines is 1. The first-order valence-electron chi connectivity index (χ1n) is 3.53. The molecule has 0 unspecified atom stereocenters. The fourth-order valence-electron chi connectivity index (χ4n) is 1.08. The van der Waals surface area contributed by atoms with Gasteiger partial charge in [-0.05, 0) is 11.6 Å². The Hall–Kier alpha value is -1.40. The van der Waals surface area contributed by atoms with Crippen LogP contribution in [0.1, 0.15) is 0 Å². The highest BCUT2D eigenvalue weighted by Crippen LogP contribution is 2.18. The minimum Gasteiger partial charge on any atom is -0.318 e. The third-order valence-corrected chi connectivity index (χ3v) is 1.84. The lowest BCUT2D eigenvalue weighted by Gasteiger charge is -2.00. The molecule has 0 aliphatic carbocycles. The first-order chi connectivity index (χ1) is 6.22. The fourth-order valence-corrected chi connectivity index (χ4v) is 1.25. The fraction of sp³-hybridized carbons (Fsp3) is 0.167. The molecule has 0 atom stereocenters. The lowest BCUT2D eigenvalue weighted by atomic mass is 10.5. The van der Waals surface area contributed by atoms with Gasteiger partial charge in [-0.15, -0.1) is 0 Å². The second kappa shape index (κ2) is 2.82. The van der Waals surface area contributed by atoms with Gasteiger partial charge in [0.1, 0.15) is 0 Å². The van der Waals surface area contributed by atoms with Gasteiger partial charge in [0, 0.05) is 7.05 Å². The summed E-state index contributed by atoms with van der Waals surface area (Å²) in [6.45, 7) is 0. The molecule has 68 valence electrons. The predicted molar refractivity (Wildman–Crippen MR) is 49.1 cm³/mol. The number of aromatic nitrogens is 4. The molecule has 6 nitrogen and oxygen atoms in total. The van der Waals surface area contributed by atoms with Crippen LogP contribution < -0.4 is 11.3 Å². The van der Waals surface area contributed by atoms with Crippen LogP contribution in [-0.2, 0) is 7.05 Å². The molecule has 0 radical (unpaired) electrons. The largest absolute Gasteiger partial charge is 0.318 e. The third kappa shape index (κ3) is 1.20. The van der Waals surface area contributed by atoms with E-state index in [9.17, 15) is 0 Å². The number of fused-ring (bicyclic) bond motifs is 1. The van der Waals surface area contributed by atoms with Crippen molar-refractivity contribution >= 4 is 28.6 Å². The Labute approximate surface area is 78.7 Å². The lowest BCUT2D eigenvalue weighted by molar-refractivity contribution is 0.928. The molecule has 3 N–H and O–H groups in total. The Kier molecular flexibility index (Phi) is 1.78. The summed E-state index contributed by atoms with van der Waals surface area (Å²) in [5.41, 5.74) is 3.66. The Bertz CT molecular complexity index is 450. The molecule has 0 aliphatic heterocycles. The van der Waals surface area contributed by atoms with E-state index < -0.39 is 0 Å². The number of imidazole rings is 1. The molecule has 0 fully saturated rings. The number of nitrogens with zero attached hydrogens (tertiary/aromatic N) is 4. The van der Waals surface area contributed by atoms with E-state index in [1.54, 1.807) is 10.9 Å². The summed E-state index contributed by atoms with van der Waals surface area (Å²) >= 11 is 5.67. The summed E-state index contributed by atoms with van der Waals surface area (Å²) in [6.07, 6.45) is 1.62. The average molecular weight is 199 g/mol. The van der Waals surface area contributed by atoms with Gasteiger partial charge in [0.15, 0.2) is 17.0 Å². The Balaban J connectivity index is 2.84. The highest BCUT2D eigenvalue weighted by Gasteiger charge is 2.09. The van der Waals surface area contributed by atoms with Crippen LogP contribution in [0.3, 0.4) is 0 Å². The maximum Gasteiger partial charge on any atom is 0.226 e. The second-order valence-electron chi connectivity index (χ2n) is 2.51. The summed E-state index contributed by atoms with van der Waals surface area (Å²) in [5.74, 6) is 5.67. The van der Waals surface area contributed by atoms with E-state index in [1.165, 1.54) is 0 Å². The molecule has 2 rings (SSSR count). The summed E-state index contributed by atoms with van der Waals surface area (Å²) in [4.78, 5) is 11.9. The van der Waals surface area contributed by atoms with Crippen LogP contribution in [0.4, 0.5) is 5.82 Å². The molecule has 13 heavy (non-hydrogen) atoms. The van der Waals surface area contributed by atoms with E-state index >= 15 is 0 Å². The number of nitrogens with two attached hydrogens (primary N) is 1. The molecular weight excluding hydrogens is 192 g/mol. The standard InChI is InChI=1S/C6H7ClN6/c1-13-2-9-3-4(12-8)10-6(7)11-5(3)13/h2H,8H2,1H3,(H,10,11,12). The van der Waals surface area contributed by atoms with Gasteiger partial charge in [-0.1, -0.05) is 0 Å². The van der Waals surface area contributed by atoms with E-state index in [0.29, 0.717) is 17.0 Å². The van der Waals surface area contributed by atoms with Crippen molar-refractivity contribution in [1.82, 2.24) is 19.5 Å². The van der Waals surface area contributed by atoms with Gasteiger partial charge < -0.3 is 9.99 Å². The summed E-state index contributed by atoms with van der Waals surface area (Å²) in [6, 6.07) is 0. The minimum absolute atomic E-state index is 0.143. The molecule has 0 amide bonds. The van der Waals surface area contributed by atoms with Crippen molar-refractivity contribution in [3.63, 3.8) is 0 Å². The van der Waals surface area contributed by atoms with Crippen molar-refractivity contribution < 1.29 is 0 Å². The topological polar surface area (TPSA) is 81.7 Å². The van der Waals surface area contributed by atoms with E-state index in [-0.39, 0.29) is 5.28 Å². The number of hydrazine groups is 1. The van der Waals surface area contributed by atoms with Gasteiger partial charge in [-0.25, -0.2) is 10.8 Å². The van der Waals surface area contributed by atoms with Crippen LogP contribution in [0.25, 0.3) is 11.2 Å². The minimum atomic E-state index is 0.143. The van der Waals surface area contributed by atoms with Gasteiger partial charge in [0.25, 0.3) is 0 Å². The molecule has 2 heterocycles. The number of nitrogens with one attached hydrogen (secondary N) is 1. The Morgan fingerprint density at radius 2 is 2.31 bits per heavy atom. The monoisotopic (exact) mass is 198 g/mol. The molecule has 2 aromatic rings. The smallest absolute Gasteiger partial charge is 0.226 e. The first kappa shape index (κ1) is 8.21. The number of hydrogen-bond donors (Lipinski definition) is 2. The number of hydrogen-bond acceptors (Lipinski definition) is 5. The van der Waals surface area contributed by atoms with Crippen molar-refractivity contribution in [2.75, 3.05) is 5.43 Å². The van der Waals surface area contributed by atoms with Crippen molar-refractivity contribution in [1.29, 1.82) is 0 Å². The van der Waals surface area contributed by atoms with Gasteiger partial charge in [0.05, 0.1) is 6.33 Å².